The van der Waals surface area contributed by atoms with Crippen LogP contribution in [0.2, 0.25) is 0 Å². The van der Waals surface area contributed by atoms with Crippen molar-refractivity contribution in [1.82, 2.24) is 5.32 Å². The molecule has 0 fully saturated rings. The van der Waals surface area contributed by atoms with Gasteiger partial charge in [0.2, 0.25) is 0 Å². The SMILES string of the molecule is CCCNC(c1c(C)ccc2ccccc12)C(C)C(C)C. The van der Waals surface area contributed by atoms with Gasteiger partial charge in [0, 0.05) is 6.04 Å². The molecule has 0 spiro atoms. The Bertz CT molecular complexity index is 585. The van der Waals surface area contributed by atoms with Gasteiger partial charge in [-0.1, -0.05) is 64.1 Å². The molecule has 0 radical (unpaired) electrons. The molecule has 21 heavy (non-hydrogen) atoms. The van der Waals surface area contributed by atoms with Crippen LogP contribution in [0.5, 0.6) is 0 Å². The van der Waals surface area contributed by atoms with Crippen LogP contribution in [0.15, 0.2) is 36.4 Å². The van der Waals surface area contributed by atoms with E-state index in [1.165, 1.54) is 28.3 Å². The molecule has 1 nitrogen and oxygen atoms in total. The van der Waals surface area contributed by atoms with Crippen LogP contribution < -0.4 is 5.32 Å². The molecule has 0 aliphatic heterocycles. The van der Waals surface area contributed by atoms with Crippen LogP contribution in [0.25, 0.3) is 10.8 Å². The molecule has 2 aromatic carbocycles. The Labute approximate surface area is 129 Å². The van der Waals surface area contributed by atoms with Crippen molar-refractivity contribution in [3.63, 3.8) is 0 Å². The van der Waals surface area contributed by atoms with Crippen LogP contribution in [0.4, 0.5) is 0 Å². The van der Waals surface area contributed by atoms with Crippen LogP contribution in [0.1, 0.15) is 51.3 Å². The Balaban J connectivity index is 2.55. The van der Waals surface area contributed by atoms with Crippen LogP contribution in [0.3, 0.4) is 0 Å². The maximum Gasteiger partial charge on any atom is 0.0357 e. The molecule has 0 saturated carbocycles. The molecule has 2 rings (SSSR count). The van der Waals surface area contributed by atoms with E-state index in [1.807, 2.05) is 0 Å². The van der Waals surface area contributed by atoms with Crippen molar-refractivity contribution in [1.29, 1.82) is 0 Å². The van der Waals surface area contributed by atoms with Gasteiger partial charge in [0.25, 0.3) is 0 Å². The molecular formula is C20H29N. The van der Waals surface area contributed by atoms with Gasteiger partial charge in [-0.15, -0.1) is 0 Å². The van der Waals surface area contributed by atoms with Crippen LogP contribution in [-0.4, -0.2) is 6.54 Å². The summed E-state index contributed by atoms with van der Waals surface area (Å²) in [7, 11) is 0. The first kappa shape index (κ1) is 16.0. The molecule has 0 aliphatic carbocycles. The standard InChI is InChI=1S/C20H29N/c1-6-13-21-20(16(5)14(2)3)19-15(4)11-12-17-9-7-8-10-18(17)19/h7-12,14,16,20-21H,6,13H2,1-5H3. The topological polar surface area (TPSA) is 12.0 Å². The van der Waals surface area contributed by atoms with Crippen molar-refractivity contribution in [2.24, 2.45) is 11.8 Å². The first-order valence-electron chi connectivity index (χ1n) is 8.27. The fraction of sp³-hybridized carbons (Fsp3) is 0.500. The third-order valence-electron chi connectivity index (χ3n) is 4.69. The lowest BCUT2D eigenvalue weighted by Crippen LogP contribution is -2.31. The smallest absolute Gasteiger partial charge is 0.0357 e. The first-order chi connectivity index (χ1) is 10.1. The fourth-order valence-corrected chi connectivity index (χ4v) is 3.05. The summed E-state index contributed by atoms with van der Waals surface area (Å²) in [6, 6.07) is 13.7. The fourth-order valence-electron chi connectivity index (χ4n) is 3.05. The highest BCUT2D eigenvalue weighted by atomic mass is 14.9. The summed E-state index contributed by atoms with van der Waals surface area (Å²) in [5, 5.41) is 6.55. The average Bonchev–Trinajstić information content (AvgIpc) is 2.48. The second-order valence-corrected chi connectivity index (χ2v) is 6.55. The number of fused-ring (bicyclic) bond motifs is 1. The van der Waals surface area contributed by atoms with Gasteiger partial charge in [-0.3, -0.25) is 0 Å². The third-order valence-corrected chi connectivity index (χ3v) is 4.69. The Hall–Kier alpha value is -1.34. The van der Waals surface area contributed by atoms with Gasteiger partial charge < -0.3 is 5.32 Å². The van der Waals surface area contributed by atoms with Gasteiger partial charge >= 0.3 is 0 Å². The first-order valence-corrected chi connectivity index (χ1v) is 8.27. The highest BCUT2D eigenvalue weighted by Gasteiger charge is 2.24. The zero-order valence-electron chi connectivity index (χ0n) is 14.1. The summed E-state index contributed by atoms with van der Waals surface area (Å²) in [4.78, 5) is 0. The Morgan fingerprint density at radius 1 is 1.00 bits per heavy atom. The van der Waals surface area contributed by atoms with E-state index < -0.39 is 0 Å². The van der Waals surface area contributed by atoms with Gasteiger partial charge in [0.15, 0.2) is 0 Å². The maximum absolute atomic E-state index is 3.80. The van der Waals surface area contributed by atoms with Crippen LogP contribution in [0, 0.1) is 18.8 Å². The molecule has 0 amide bonds. The van der Waals surface area contributed by atoms with Crippen molar-refractivity contribution >= 4 is 10.8 Å². The summed E-state index contributed by atoms with van der Waals surface area (Å²) in [5.41, 5.74) is 2.89. The average molecular weight is 283 g/mol. The van der Waals surface area contributed by atoms with Crippen molar-refractivity contribution < 1.29 is 0 Å². The minimum atomic E-state index is 0.427. The molecule has 2 aromatic rings. The highest BCUT2D eigenvalue weighted by molar-refractivity contribution is 5.87. The molecule has 0 heterocycles. The lowest BCUT2D eigenvalue weighted by molar-refractivity contribution is 0.304. The number of hydrogen-bond donors (Lipinski definition) is 1. The number of benzene rings is 2. The van der Waals surface area contributed by atoms with Crippen molar-refractivity contribution in [2.75, 3.05) is 6.54 Å². The minimum Gasteiger partial charge on any atom is -0.310 e. The number of nitrogens with one attached hydrogen (secondary N) is 1. The lowest BCUT2D eigenvalue weighted by atomic mass is 9.82. The second-order valence-electron chi connectivity index (χ2n) is 6.55. The summed E-state index contributed by atoms with van der Waals surface area (Å²) < 4.78 is 0. The molecule has 0 aliphatic rings. The van der Waals surface area contributed by atoms with E-state index in [1.54, 1.807) is 0 Å². The summed E-state index contributed by atoms with van der Waals surface area (Å²) in [5.74, 6) is 1.28. The van der Waals surface area contributed by atoms with E-state index in [4.69, 9.17) is 0 Å². The van der Waals surface area contributed by atoms with E-state index in [9.17, 15) is 0 Å². The monoisotopic (exact) mass is 283 g/mol. The molecule has 114 valence electrons. The predicted molar refractivity (Wildman–Crippen MR) is 93.7 cm³/mol. The predicted octanol–water partition coefficient (Wildman–Crippen LogP) is 5.48. The van der Waals surface area contributed by atoms with Gasteiger partial charge in [-0.25, -0.2) is 0 Å². The summed E-state index contributed by atoms with van der Waals surface area (Å²) in [6.45, 7) is 12.6. The van der Waals surface area contributed by atoms with Crippen LogP contribution >= 0.6 is 0 Å². The van der Waals surface area contributed by atoms with Gasteiger partial charge in [0.1, 0.15) is 0 Å². The van der Waals surface area contributed by atoms with Crippen molar-refractivity contribution in [3.05, 3.63) is 47.5 Å². The minimum absolute atomic E-state index is 0.427. The van der Waals surface area contributed by atoms with E-state index in [0.29, 0.717) is 17.9 Å². The third kappa shape index (κ3) is 3.47. The Morgan fingerprint density at radius 2 is 1.71 bits per heavy atom. The van der Waals surface area contributed by atoms with E-state index >= 15 is 0 Å². The largest absolute Gasteiger partial charge is 0.310 e. The Morgan fingerprint density at radius 3 is 2.38 bits per heavy atom. The van der Waals surface area contributed by atoms with Crippen molar-refractivity contribution in [3.8, 4) is 0 Å². The lowest BCUT2D eigenvalue weighted by Gasteiger charge is -2.31. The molecular weight excluding hydrogens is 254 g/mol. The van der Waals surface area contributed by atoms with E-state index in [2.05, 4.69) is 76.3 Å². The van der Waals surface area contributed by atoms with Gasteiger partial charge in [-0.2, -0.15) is 0 Å². The normalized spacial score (nSPS) is 14.6. The highest BCUT2D eigenvalue weighted by Crippen LogP contribution is 2.34. The molecule has 1 heteroatoms. The second kappa shape index (κ2) is 7.09. The molecule has 0 saturated heterocycles. The van der Waals surface area contributed by atoms with E-state index in [0.717, 1.165) is 6.54 Å². The quantitative estimate of drug-likeness (QED) is 0.740. The van der Waals surface area contributed by atoms with Gasteiger partial charge in [0.05, 0.1) is 0 Å². The number of rotatable bonds is 6. The molecule has 0 bridgehead atoms. The Kier molecular flexibility index (Phi) is 5.41. The zero-order chi connectivity index (χ0) is 15.4. The molecule has 2 unspecified atom stereocenters. The molecule has 1 N–H and O–H groups in total. The van der Waals surface area contributed by atoms with Crippen molar-refractivity contribution in [2.45, 2.75) is 47.1 Å². The molecule has 0 aromatic heterocycles. The van der Waals surface area contributed by atoms with Crippen LogP contribution in [-0.2, 0) is 0 Å². The molecule has 2 atom stereocenters. The zero-order valence-corrected chi connectivity index (χ0v) is 14.1. The van der Waals surface area contributed by atoms with E-state index in [-0.39, 0.29) is 0 Å². The summed E-state index contributed by atoms with van der Waals surface area (Å²) in [6.07, 6.45) is 1.17. The van der Waals surface area contributed by atoms with Gasteiger partial charge in [-0.05, 0) is 53.6 Å². The number of aryl methyl sites for hydroxylation is 1. The maximum atomic E-state index is 3.80. The summed E-state index contributed by atoms with van der Waals surface area (Å²) >= 11 is 0. The number of hydrogen-bond acceptors (Lipinski definition) is 1.